The third-order valence-corrected chi connectivity index (χ3v) is 3.75. The maximum Gasteiger partial charge on any atom is 0.0589 e. The molecule has 2 rings (SSSR count). The predicted octanol–water partition coefficient (Wildman–Crippen LogP) is 2.14. The highest BCUT2D eigenvalue weighted by molar-refractivity contribution is 5.31. The first-order valence-corrected chi connectivity index (χ1v) is 6.75. The van der Waals surface area contributed by atoms with Gasteiger partial charge in [0.2, 0.25) is 0 Å². The van der Waals surface area contributed by atoms with Crippen molar-refractivity contribution in [1.29, 1.82) is 0 Å². The van der Waals surface area contributed by atoms with Crippen LogP contribution in [0.5, 0.6) is 0 Å². The van der Waals surface area contributed by atoms with Gasteiger partial charge in [-0.2, -0.15) is 0 Å². The molecule has 2 N–H and O–H groups in total. The Balaban J connectivity index is 2.08. The van der Waals surface area contributed by atoms with Crippen molar-refractivity contribution in [2.75, 3.05) is 33.9 Å². The number of rotatable bonds is 7. The normalized spacial score (nSPS) is 17.1. The maximum atomic E-state index is 5.94. The van der Waals surface area contributed by atoms with Crippen LogP contribution in [-0.4, -0.2) is 38.8 Å². The fourth-order valence-corrected chi connectivity index (χ4v) is 2.40. The van der Waals surface area contributed by atoms with Gasteiger partial charge in [0.15, 0.2) is 0 Å². The largest absolute Gasteiger partial charge is 0.383 e. The zero-order valence-electron chi connectivity index (χ0n) is 11.4. The summed E-state index contributed by atoms with van der Waals surface area (Å²) >= 11 is 0. The zero-order valence-corrected chi connectivity index (χ0v) is 11.4. The summed E-state index contributed by atoms with van der Waals surface area (Å²) in [6.45, 7) is 2.30. The number of likely N-dealkylation sites (N-methyl/N-ethyl adjacent to an activating group) is 1. The molecule has 1 aliphatic carbocycles. The van der Waals surface area contributed by atoms with Crippen molar-refractivity contribution < 1.29 is 4.74 Å². The van der Waals surface area contributed by atoms with Gasteiger partial charge in [0.05, 0.1) is 6.61 Å². The van der Waals surface area contributed by atoms with Gasteiger partial charge in [0.1, 0.15) is 0 Å². The van der Waals surface area contributed by atoms with E-state index in [1.54, 1.807) is 7.11 Å². The molecule has 1 fully saturated rings. The molecular weight excluding hydrogens is 224 g/mol. The Bertz CT molecular complexity index is 377. The van der Waals surface area contributed by atoms with Crippen molar-refractivity contribution in [3.05, 3.63) is 35.4 Å². The number of nitrogens with zero attached hydrogens (tertiary/aromatic N) is 1. The number of hydrogen-bond acceptors (Lipinski definition) is 3. The Morgan fingerprint density at radius 3 is 2.83 bits per heavy atom. The van der Waals surface area contributed by atoms with Gasteiger partial charge in [-0.05, 0) is 36.9 Å². The predicted molar refractivity (Wildman–Crippen MR) is 74.7 cm³/mol. The van der Waals surface area contributed by atoms with Crippen LogP contribution in [0.2, 0.25) is 0 Å². The van der Waals surface area contributed by atoms with E-state index in [0.717, 1.165) is 19.1 Å². The highest BCUT2D eigenvalue weighted by Crippen LogP contribution is 2.40. The number of methoxy groups -OCH3 is 1. The number of benzene rings is 1. The van der Waals surface area contributed by atoms with Crippen LogP contribution in [0.15, 0.2) is 24.3 Å². The molecule has 0 radical (unpaired) electrons. The van der Waals surface area contributed by atoms with Gasteiger partial charge in [0.25, 0.3) is 0 Å². The van der Waals surface area contributed by atoms with E-state index in [2.05, 4.69) is 36.2 Å². The summed E-state index contributed by atoms with van der Waals surface area (Å²) in [5, 5.41) is 0. The van der Waals surface area contributed by atoms with Crippen molar-refractivity contribution in [3.8, 4) is 0 Å². The van der Waals surface area contributed by atoms with Crippen LogP contribution in [0.1, 0.15) is 35.9 Å². The summed E-state index contributed by atoms with van der Waals surface area (Å²) in [5.74, 6) is 0.799. The molecule has 0 saturated heterocycles. The summed E-state index contributed by atoms with van der Waals surface area (Å²) < 4.78 is 5.13. The van der Waals surface area contributed by atoms with Crippen LogP contribution in [0, 0.1) is 0 Å². The Hall–Kier alpha value is -0.900. The van der Waals surface area contributed by atoms with E-state index in [1.807, 2.05) is 0 Å². The average Bonchev–Trinajstić information content (AvgIpc) is 3.22. The molecule has 1 aromatic rings. The van der Waals surface area contributed by atoms with Crippen LogP contribution >= 0.6 is 0 Å². The molecular formula is C15H24N2O. The minimum atomic E-state index is 0.291. The summed E-state index contributed by atoms with van der Waals surface area (Å²) in [5.41, 5.74) is 8.75. The minimum Gasteiger partial charge on any atom is -0.383 e. The van der Waals surface area contributed by atoms with Crippen LogP contribution in [-0.2, 0) is 4.74 Å². The van der Waals surface area contributed by atoms with Crippen molar-refractivity contribution in [1.82, 2.24) is 4.90 Å². The molecule has 1 aromatic carbocycles. The highest BCUT2D eigenvalue weighted by atomic mass is 16.5. The number of ether oxygens (including phenoxy) is 1. The fraction of sp³-hybridized carbons (Fsp3) is 0.600. The lowest BCUT2D eigenvalue weighted by atomic mass is 10.0. The van der Waals surface area contributed by atoms with E-state index in [4.69, 9.17) is 10.5 Å². The Morgan fingerprint density at radius 2 is 2.22 bits per heavy atom. The SMILES string of the molecule is COCCN(C)C(CN)c1cccc(C2CC2)c1. The highest BCUT2D eigenvalue weighted by Gasteiger charge is 2.24. The summed E-state index contributed by atoms with van der Waals surface area (Å²) in [6.07, 6.45) is 2.69. The molecule has 18 heavy (non-hydrogen) atoms. The van der Waals surface area contributed by atoms with E-state index in [1.165, 1.54) is 24.0 Å². The van der Waals surface area contributed by atoms with Gasteiger partial charge >= 0.3 is 0 Å². The third kappa shape index (κ3) is 3.31. The van der Waals surface area contributed by atoms with E-state index in [9.17, 15) is 0 Å². The molecule has 1 saturated carbocycles. The van der Waals surface area contributed by atoms with Crippen LogP contribution < -0.4 is 5.73 Å². The molecule has 3 nitrogen and oxygen atoms in total. The first kappa shape index (κ1) is 13.5. The summed E-state index contributed by atoms with van der Waals surface area (Å²) in [4.78, 5) is 2.27. The molecule has 0 amide bonds. The fourth-order valence-electron chi connectivity index (χ4n) is 2.40. The van der Waals surface area contributed by atoms with Gasteiger partial charge in [0, 0.05) is 26.2 Å². The van der Waals surface area contributed by atoms with E-state index < -0.39 is 0 Å². The van der Waals surface area contributed by atoms with Crippen LogP contribution in [0.25, 0.3) is 0 Å². The van der Waals surface area contributed by atoms with Gasteiger partial charge < -0.3 is 10.5 Å². The van der Waals surface area contributed by atoms with E-state index >= 15 is 0 Å². The Kier molecular flexibility index (Phi) is 4.75. The molecule has 3 heteroatoms. The van der Waals surface area contributed by atoms with Crippen LogP contribution in [0.3, 0.4) is 0 Å². The lowest BCUT2D eigenvalue weighted by Gasteiger charge is -2.27. The van der Waals surface area contributed by atoms with Gasteiger partial charge in [-0.15, -0.1) is 0 Å². The number of hydrogen-bond donors (Lipinski definition) is 1. The average molecular weight is 248 g/mol. The summed E-state index contributed by atoms with van der Waals surface area (Å²) in [7, 11) is 3.85. The third-order valence-electron chi connectivity index (χ3n) is 3.75. The second-order valence-electron chi connectivity index (χ2n) is 5.17. The molecule has 0 aliphatic heterocycles. The molecule has 1 atom stereocenters. The lowest BCUT2D eigenvalue weighted by Crippen LogP contribution is -2.33. The molecule has 100 valence electrons. The van der Waals surface area contributed by atoms with Gasteiger partial charge in [-0.3, -0.25) is 4.90 Å². The van der Waals surface area contributed by atoms with Crippen molar-refractivity contribution in [2.45, 2.75) is 24.8 Å². The quantitative estimate of drug-likeness (QED) is 0.803. The molecule has 1 unspecified atom stereocenters. The number of nitrogens with two attached hydrogens (primary N) is 1. The molecule has 0 bridgehead atoms. The summed E-state index contributed by atoms with van der Waals surface area (Å²) in [6, 6.07) is 9.21. The molecule has 0 spiro atoms. The minimum absolute atomic E-state index is 0.291. The first-order valence-electron chi connectivity index (χ1n) is 6.75. The second-order valence-corrected chi connectivity index (χ2v) is 5.17. The Labute approximate surface area is 110 Å². The smallest absolute Gasteiger partial charge is 0.0589 e. The maximum absolute atomic E-state index is 5.94. The van der Waals surface area contributed by atoms with E-state index in [-0.39, 0.29) is 0 Å². The van der Waals surface area contributed by atoms with Gasteiger partial charge in [-0.25, -0.2) is 0 Å². The van der Waals surface area contributed by atoms with Gasteiger partial charge in [-0.1, -0.05) is 24.3 Å². The first-order chi connectivity index (χ1) is 8.76. The lowest BCUT2D eigenvalue weighted by molar-refractivity contribution is 0.140. The standard InChI is InChI=1S/C15H24N2O/c1-17(8-9-18-2)15(11-16)14-5-3-4-13(10-14)12-6-7-12/h3-5,10,12,15H,6-9,11,16H2,1-2H3. The Morgan fingerprint density at radius 1 is 1.44 bits per heavy atom. The zero-order chi connectivity index (χ0) is 13.0. The van der Waals surface area contributed by atoms with Crippen molar-refractivity contribution in [2.24, 2.45) is 5.73 Å². The topological polar surface area (TPSA) is 38.5 Å². The van der Waals surface area contributed by atoms with Crippen molar-refractivity contribution >= 4 is 0 Å². The van der Waals surface area contributed by atoms with Crippen LogP contribution in [0.4, 0.5) is 0 Å². The molecule has 0 heterocycles. The monoisotopic (exact) mass is 248 g/mol. The van der Waals surface area contributed by atoms with Crippen molar-refractivity contribution in [3.63, 3.8) is 0 Å². The van der Waals surface area contributed by atoms with E-state index in [0.29, 0.717) is 12.6 Å². The second kappa shape index (κ2) is 6.32. The molecule has 0 aromatic heterocycles. The molecule has 1 aliphatic rings.